The number of carbonyl (C=O) groups excluding carboxylic acids is 2. The number of hydrogen-bond donors (Lipinski definition) is 1. The zero-order valence-electron chi connectivity index (χ0n) is 11.6. The zero-order valence-corrected chi connectivity index (χ0v) is 11.6. The lowest BCUT2D eigenvalue weighted by atomic mass is 10.1. The van der Waals surface area contributed by atoms with Crippen molar-refractivity contribution < 1.29 is 19.1 Å². The monoisotopic (exact) mass is 265 g/mol. The van der Waals surface area contributed by atoms with E-state index in [9.17, 15) is 9.59 Å². The number of esters is 1. The van der Waals surface area contributed by atoms with Gasteiger partial charge in [-0.2, -0.15) is 0 Å². The van der Waals surface area contributed by atoms with E-state index in [-0.39, 0.29) is 12.5 Å². The molecule has 1 aromatic carbocycles. The SMILES string of the molecule is COC(=O)C(C)NC(=O)COc1c(C)cccc1C. The summed E-state index contributed by atoms with van der Waals surface area (Å²) in [4.78, 5) is 22.8. The van der Waals surface area contributed by atoms with Crippen LogP contribution in [0.5, 0.6) is 5.75 Å². The summed E-state index contributed by atoms with van der Waals surface area (Å²) in [5, 5.41) is 2.50. The van der Waals surface area contributed by atoms with Crippen molar-refractivity contribution in [3.63, 3.8) is 0 Å². The molecule has 0 saturated heterocycles. The Morgan fingerprint density at radius 3 is 2.37 bits per heavy atom. The van der Waals surface area contributed by atoms with E-state index in [0.717, 1.165) is 11.1 Å². The molecule has 0 aromatic heterocycles. The van der Waals surface area contributed by atoms with Crippen molar-refractivity contribution in [3.05, 3.63) is 29.3 Å². The summed E-state index contributed by atoms with van der Waals surface area (Å²) in [6.07, 6.45) is 0. The van der Waals surface area contributed by atoms with Crippen LogP contribution in [0.2, 0.25) is 0 Å². The van der Waals surface area contributed by atoms with Crippen LogP contribution in [0.3, 0.4) is 0 Å². The highest BCUT2D eigenvalue weighted by molar-refractivity contribution is 5.84. The highest BCUT2D eigenvalue weighted by Gasteiger charge is 2.16. The van der Waals surface area contributed by atoms with Crippen molar-refractivity contribution in [2.75, 3.05) is 13.7 Å². The molecule has 1 aromatic rings. The number of benzene rings is 1. The Labute approximate surface area is 112 Å². The third-order valence-corrected chi connectivity index (χ3v) is 2.69. The lowest BCUT2D eigenvalue weighted by Crippen LogP contribution is -2.41. The molecular formula is C14H19NO4. The number of hydrogen-bond acceptors (Lipinski definition) is 4. The fraction of sp³-hybridized carbons (Fsp3) is 0.429. The molecule has 5 nitrogen and oxygen atoms in total. The van der Waals surface area contributed by atoms with Crippen LogP contribution < -0.4 is 10.1 Å². The normalized spacial score (nSPS) is 11.6. The summed E-state index contributed by atoms with van der Waals surface area (Å²) >= 11 is 0. The summed E-state index contributed by atoms with van der Waals surface area (Å²) in [5.41, 5.74) is 1.93. The number of carbonyl (C=O) groups is 2. The van der Waals surface area contributed by atoms with Gasteiger partial charge >= 0.3 is 5.97 Å². The van der Waals surface area contributed by atoms with Gasteiger partial charge in [-0.3, -0.25) is 4.79 Å². The average Bonchev–Trinajstić information content (AvgIpc) is 2.37. The minimum Gasteiger partial charge on any atom is -0.483 e. The van der Waals surface area contributed by atoms with Crippen molar-refractivity contribution in [3.8, 4) is 5.75 Å². The summed E-state index contributed by atoms with van der Waals surface area (Å²) in [6.45, 7) is 5.25. The number of ether oxygens (including phenoxy) is 2. The van der Waals surface area contributed by atoms with Gasteiger partial charge in [0.1, 0.15) is 11.8 Å². The number of para-hydroxylation sites is 1. The first-order valence-electron chi connectivity index (χ1n) is 6.02. The van der Waals surface area contributed by atoms with Crippen LogP contribution in [0.25, 0.3) is 0 Å². The third kappa shape index (κ3) is 4.28. The van der Waals surface area contributed by atoms with E-state index in [1.807, 2.05) is 32.0 Å². The van der Waals surface area contributed by atoms with Gasteiger partial charge in [0.25, 0.3) is 5.91 Å². The standard InChI is InChI=1S/C14H19NO4/c1-9-6-5-7-10(2)13(9)19-8-12(16)15-11(3)14(17)18-4/h5-7,11H,8H2,1-4H3,(H,15,16). The molecule has 0 aliphatic carbocycles. The summed E-state index contributed by atoms with van der Waals surface area (Å²) < 4.78 is 10.00. The number of amides is 1. The van der Waals surface area contributed by atoms with Crippen LogP contribution in [0.15, 0.2) is 18.2 Å². The Hall–Kier alpha value is -2.04. The molecule has 0 heterocycles. The van der Waals surface area contributed by atoms with Crippen LogP contribution in [-0.4, -0.2) is 31.6 Å². The van der Waals surface area contributed by atoms with Crippen molar-refractivity contribution in [2.24, 2.45) is 0 Å². The fourth-order valence-corrected chi connectivity index (χ4v) is 1.68. The van der Waals surface area contributed by atoms with Gasteiger partial charge in [-0.1, -0.05) is 18.2 Å². The largest absolute Gasteiger partial charge is 0.483 e. The van der Waals surface area contributed by atoms with E-state index in [2.05, 4.69) is 10.1 Å². The number of methoxy groups -OCH3 is 1. The summed E-state index contributed by atoms with van der Waals surface area (Å²) in [7, 11) is 1.28. The second kappa shape index (κ2) is 6.78. The van der Waals surface area contributed by atoms with Gasteiger partial charge in [0.2, 0.25) is 0 Å². The molecule has 19 heavy (non-hydrogen) atoms. The first-order valence-corrected chi connectivity index (χ1v) is 6.02. The minimum absolute atomic E-state index is 0.132. The van der Waals surface area contributed by atoms with E-state index in [4.69, 9.17) is 4.74 Å². The lowest BCUT2D eigenvalue weighted by molar-refractivity contribution is -0.144. The molecular weight excluding hydrogens is 246 g/mol. The van der Waals surface area contributed by atoms with Crippen molar-refractivity contribution in [1.29, 1.82) is 0 Å². The molecule has 0 aliphatic heterocycles. The molecule has 1 atom stereocenters. The average molecular weight is 265 g/mol. The molecule has 0 bridgehead atoms. The molecule has 0 aliphatic rings. The number of rotatable bonds is 5. The number of nitrogens with one attached hydrogen (secondary N) is 1. The van der Waals surface area contributed by atoms with Crippen LogP contribution >= 0.6 is 0 Å². The molecule has 0 radical (unpaired) electrons. The van der Waals surface area contributed by atoms with Gasteiger partial charge in [-0.05, 0) is 31.9 Å². The van der Waals surface area contributed by atoms with Crippen LogP contribution in [0.4, 0.5) is 0 Å². The zero-order chi connectivity index (χ0) is 14.4. The highest BCUT2D eigenvalue weighted by atomic mass is 16.5. The van der Waals surface area contributed by atoms with Crippen LogP contribution in [-0.2, 0) is 14.3 Å². The second-order valence-corrected chi connectivity index (χ2v) is 4.32. The van der Waals surface area contributed by atoms with Gasteiger partial charge in [0.05, 0.1) is 7.11 Å². The summed E-state index contributed by atoms with van der Waals surface area (Å²) in [5.74, 6) is -0.149. The van der Waals surface area contributed by atoms with Crippen LogP contribution in [0.1, 0.15) is 18.1 Å². The third-order valence-electron chi connectivity index (χ3n) is 2.69. The molecule has 1 unspecified atom stereocenters. The van der Waals surface area contributed by atoms with Crippen molar-refractivity contribution in [1.82, 2.24) is 5.32 Å². The Morgan fingerprint density at radius 1 is 1.26 bits per heavy atom. The van der Waals surface area contributed by atoms with Gasteiger partial charge in [0.15, 0.2) is 6.61 Å². The maximum Gasteiger partial charge on any atom is 0.328 e. The van der Waals surface area contributed by atoms with E-state index in [1.54, 1.807) is 6.92 Å². The first kappa shape index (κ1) is 15.0. The molecule has 1 amide bonds. The fourth-order valence-electron chi connectivity index (χ4n) is 1.68. The predicted octanol–water partition coefficient (Wildman–Crippen LogP) is 1.36. The van der Waals surface area contributed by atoms with E-state index >= 15 is 0 Å². The molecule has 5 heteroatoms. The predicted molar refractivity (Wildman–Crippen MR) is 71.0 cm³/mol. The van der Waals surface area contributed by atoms with Crippen molar-refractivity contribution in [2.45, 2.75) is 26.8 Å². The smallest absolute Gasteiger partial charge is 0.328 e. The van der Waals surface area contributed by atoms with E-state index in [1.165, 1.54) is 7.11 Å². The Morgan fingerprint density at radius 2 is 1.84 bits per heavy atom. The molecule has 0 fully saturated rings. The molecule has 104 valence electrons. The van der Waals surface area contributed by atoms with E-state index < -0.39 is 12.0 Å². The number of aryl methyl sites for hydroxylation is 2. The van der Waals surface area contributed by atoms with E-state index in [0.29, 0.717) is 5.75 Å². The first-order chi connectivity index (χ1) is 8.95. The quantitative estimate of drug-likeness (QED) is 0.816. The second-order valence-electron chi connectivity index (χ2n) is 4.32. The van der Waals surface area contributed by atoms with Gasteiger partial charge in [-0.15, -0.1) is 0 Å². The highest BCUT2D eigenvalue weighted by Crippen LogP contribution is 2.21. The maximum absolute atomic E-state index is 11.6. The lowest BCUT2D eigenvalue weighted by Gasteiger charge is -2.14. The van der Waals surface area contributed by atoms with Crippen LogP contribution in [0, 0.1) is 13.8 Å². The molecule has 0 saturated carbocycles. The maximum atomic E-state index is 11.6. The molecule has 1 rings (SSSR count). The Bertz CT molecular complexity index is 450. The molecule has 1 N–H and O–H groups in total. The topological polar surface area (TPSA) is 64.6 Å². The van der Waals surface area contributed by atoms with Crippen molar-refractivity contribution >= 4 is 11.9 Å². The Kier molecular flexibility index (Phi) is 5.36. The Balaban J connectivity index is 2.53. The summed E-state index contributed by atoms with van der Waals surface area (Å²) in [6, 6.07) is 5.07. The van der Waals surface area contributed by atoms with Gasteiger partial charge < -0.3 is 14.8 Å². The minimum atomic E-state index is -0.681. The molecule has 0 spiro atoms. The van der Waals surface area contributed by atoms with Gasteiger partial charge in [-0.25, -0.2) is 4.79 Å². The van der Waals surface area contributed by atoms with Gasteiger partial charge in [0, 0.05) is 0 Å².